The molecule has 2 nitrogen and oxygen atoms in total. The summed E-state index contributed by atoms with van der Waals surface area (Å²) < 4.78 is 0. The second-order valence-corrected chi connectivity index (χ2v) is 6.06. The molecule has 1 heterocycles. The Morgan fingerprint density at radius 2 is 1.75 bits per heavy atom. The highest BCUT2D eigenvalue weighted by molar-refractivity contribution is 4.92. The van der Waals surface area contributed by atoms with Crippen LogP contribution < -0.4 is 5.32 Å². The molecule has 0 amide bonds. The zero-order chi connectivity index (χ0) is 11.0. The first-order valence-electron chi connectivity index (χ1n) is 7.37. The lowest BCUT2D eigenvalue weighted by molar-refractivity contribution is 0.179. The van der Waals surface area contributed by atoms with E-state index in [9.17, 15) is 0 Å². The van der Waals surface area contributed by atoms with E-state index in [0.717, 1.165) is 24.0 Å². The zero-order valence-corrected chi connectivity index (χ0v) is 10.6. The van der Waals surface area contributed by atoms with Gasteiger partial charge in [0.25, 0.3) is 0 Å². The first-order chi connectivity index (χ1) is 7.86. The molecule has 92 valence electrons. The van der Waals surface area contributed by atoms with Crippen molar-refractivity contribution in [2.75, 3.05) is 13.1 Å². The van der Waals surface area contributed by atoms with Gasteiger partial charge >= 0.3 is 0 Å². The summed E-state index contributed by atoms with van der Waals surface area (Å²) in [4.78, 5) is 2.72. The van der Waals surface area contributed by atoms with Crippen molar-refractivity contribution in [3.05, 3.63) is 0 Å². The third kappa shape index (κ3) is 2.60. The van der Waals surface area contributed by atoms with Crippen molar-refractivity contribution < 1.29 is 0 Å². The molecule has 1 saturated heterocycles. The van der Waals surface area contributed by atoms with Crippen LogP contribution in [0.1, 0.15) is 51.9 Å². The van der Waals surface area contributed by atoms with Crippen LogP contribution in [0.15, 0.2) is 0 Å². The van der Waals surface area contributed by atoms with Gasteiger partial charge in [0.1, 0.15) is 0 Å². The fraction of sp³-hybridized carbons (Fsp3) is 1.00. The van der Waals surface area contributed by atoms with Crippen LogP contribution >= 0.6 is 0 Å². The summed E-state index contributed by atoms with van der Waals surface area (Å²) in [7, 11) is 0. The zero-order valence-electron chi connectivity index (χ0n) is 10.6. The van der Waals surface area contributed by atoms with Gasteiger partial charge in [-0.2, -0.15) is 0 Å². The van der Waals surface area contributed by atoms with Gasteiger partial charge in [0, 0.05) is 18.1 Å². The third-order valence-corrected chi connectivity index (χ3v) is 4.67. The lowest BCUT2D eigenvalue weighted by Crippen LogP contribution is -2.47. The number of nitrogens with one attached hydrogen (secondary N) is 1. The molecule has 1 unspecified atom stereocenters. The Morgan fingerprint density at radius 3 is 2.25 bits per heavy atom. The smallest absolute Gasteiger partial charge is 0.00964 e. The summed E-state index contributed by atoms with van der Waals surface area (Å²) in [5.74, 6) is 1.02. The van der Waals surface area contributed by atoms with E-state index in [-0.39, 0.29) is 0 Å². The minimum Gasteiger partial charge on any atom is -0.311 e. The van der Waals surface area contributed by atoms with Gasteiger partial charge < -0.3 is 10.2 Å². The highest BCUT2D eigenvalue weighted by Gasteiger charge is 2.34. The van der Waals surface area contributed by atoms with Gasteiger partial charge in [0.2, 0.25) is 0 Å². The van der Waals surface area contributed by atoms with E-state index in [0.29, 0.717) is 0 Å². The van der Waals surface area contributed by atoms with Crippen LogP contribution in [0.5, 0.6) is 0 Å². The SMILES string of the molecule is CCC(NC1CCN(C2CC2)CC1)C1CC1. The van der Waals surface area contributed by atoms with Crippen LogP contribution in [0, 0.1) is 5.92 Å². The normalized spacial score (nSPS) is 30.6. The molecular weight excluding hydrogens is 196 g/mol. The number of rotatable bonds is 5. The lowest BCUT2D eigenvalue weighted by Gasteiger charge is -2.34. The lowest BCUT2D eigenvalue weighted by atomic mass is 10.0. The van der Waals surface area contributed by atoms with Crippen LogP contribution in [0.3, 0.4) is 0 Å². The molecule has 3 rings (SSSR count). The van der Waals surface area contributed by atoms with Crippen molar-refractivity contribution in [1.29, 1.82) is 0 Å². The number of nitrogens with zero attached hydrogens (tertiary/aromatic N) is 1. The van der Waals surface area contributed by atoms with Crippen LogP contribution in [0.4, 0.5) is 0 Å². The molecule has 0 bridgehead atoms. The van der Waals surface area contributed by atoms with Gasteiger partial charge in [-0.3, -0.25) is 0 Å². The van der Waals surface area contributed by atoms with E-state index >= 15 is 0 Å². The van der Waals surface area contributed by atoms with Crippen molar-refractivity contribution >= 4 is 0 Å². The van der Waals surface area contributed by atoms with Crippen LogP contribution in [0.25, 0.3) is 0 Å². The largest absolute Gasteiger partial charge is 0.311 e. The minimum atomic E-state index is 0.820. The molecule has 0 radical (unpaired) electrons. The maximum absolute atomic E-state index is 3.92. The van der Waals surface area contributed by atoms with E-state index in [4.69, 9.17) is 0 Å². The summed E-state index contributed by atoms with van der Waals surface area (Å²) in [5, 5.41) is 3.92. The summed E-state index contributed by atoms with van der Waals surface area (Å²) in [6, 6.07) is 2.63. The Morgan fingerprint density at radius 1 is 1.06 bits per heavy atom. The van der Waals surface area contributed by atoms with Crippen LogP contribution in [-0.2, 0) is 0 Å². The second-order valence-electron chi connectivity index (χ2n) is 6.06. The minimum absolute atomic E-state index is 0.820. The van der Waals surface area contributed by atoms with E-state index in [1.165, 1.54) is 58.0 Å². The van der Waals surface area contributed by atoms with Crippen molar-refractivity contribution in [3.63, 3.8) is 0 Å². The maximum Gasteiger partial charge on any atom is 0.00964 e. The molecule has 2 heteroatoms. The molecule has 0 aromatic rings. The predicted octanol–water partition coefficient (Wildman–Crippen LogP) is 2.39. The Kier molecular flexibility index (Phi) is 3.21. The fourth-order valence-electron chi connectivity index (χ4n) is 3.26. The molecule has 1 aliphatic heterocycles. The molecule has 2 saturated carbocycles. The van der Waals surface area contributed by atoms with E-state index in [1.54, 1.807) is 0 Å². The predicted molar refractivity (Wildman–Crippen MR) is 67.6 cm³/mol. The first-order valence-corrected chi connectivity index (χ1v) is 7.37. The summed E-state index contributed by atoms with van der Waals surface area (Å²) in [5.41, 5.74) is 0. The Hall–Kier alpha value is -0.0800. The average Bonchev–Trinajstić information content (AvgIpc) is 3.19. The molecule has 1 N–H and O–H groups in total. The fourth-order valence-corrected chi connectivity index (χ4v) is 3.26. The van der Waals surface area contributed by atoms with Crippen molar-refractivity contribution in [1.82, 2.24) is 10.2 Å². The Bertz CT molecular complexity index is 225. The Balaban J connectivity index is 1.42. The Labute approximate surface area is 99.8 Å². The van der Waals surface area contributed by atoms with Crippen molar-refractivity contribution in [3.8, 4) is 0 Å². The summed E-state index contributed by atoms with van der Waals surface area (Å²) >= 11 is 0. The van der Waals surface area contributed by atoms with Gasteiger partial charge in [-0.25, -0.2) is 0 Å². The molecule has 0 aromatic carbocycles. The second kappa shape index (κ2) is 4.66. The average molecular weight is 222 g/mol. The number of piperidine rings is 1. The van der Waals surface area contributed by atoms with Gasteiger partial charge in [-0.1, -0.05) is 6.92 Å². The highest BCUT2D eigenvalue weighted by atomic mass is 15.2. The molecule has 0 aromatic heterocycles. The van der Waals surface area contributed by atoms with Gasteiger partial charge in [-0.15, -0.1) is 0 Å². The first kappa shape index (κ1) is 11.0. The maximum atomic E-state index is 3.92. The van der Waals surface area contributed by atoms with Crippen LogP contribution in [0.2, 0.25) is 0 Å². The summed E-state index contributed by atoms with van der Waals surface area (Å²) in [6.07, 6.45) is 10.0. The highest BCUT2D eigenvalue weighted by Crippen LogP contribution is 2.35. The molecule has 1 atom stereocenters. The monoisotopic (exact) mass is 222 g/mol. The molecular formula is C14H26N2. The van der Waals surface area contributed by atoms with E-state index in [1.807, 2.05) is 0 Å². The van der Waals surface area contributed by atoms with Crippen molar-refractivity contribution in [2.45, 2.75) is 70.0 Å². The van der Waals surface area contributed by atoms with Crippen molar-refractivity contribution in [2.24, 2.45) is 5.92 Å². The molecule has 3 fully saturated rings. The molecule has 2 aliphatic carbocycles. The van der Waals surface area contributed by atoms with Gasteiger partial charge in [0.05, 0.1) is 0 Å². The molecule has 16 heavy (non-hydrogen) atoms. The van der Waals surface area contributed by atoms with E-state index in [2.05, 4.69) is 17.1 Å². The number of likely N-dealkylation sites (tertiary alicyclic amines) is 1. The molecule has 3 aliphatic rings. The molecule has 0 spiro atoms. The number of hydrogen-bond acceptors (Lipinski definition) is 2. The van der Waals surface area contributed by atoms with E-state index < -0.39 is 0 Å². The standard InChI is InChI=1S/C14H26N2/c1-2-14(11-3-4-11)15-12-7-9-16(10-8-12)13-5-6-13/h11-15H,2-10H2,1H3. The quantitative estimate of drug-likeness (QED) is 0.768. The van der Waals surface area contributed by atoms with Gasteiger partial charge in [-0.05, 0) is 64.0 Å². The third-order valence-electron chi connectivity index (χ3n) is 4.67. The summed E-state index contributed by atoms with van der Waals surface area (Å²) in [6.45, 7) is 5.04. The van der Waals surface area contributed by atoms with Crippen LogP contribution in [-0.4, -0.2) is 36.1 Å². The van der Waals surface area contributed by atoms with Gasteiger partial charge in [0.15, 0.2) is 0 Å². The number of hydrogen-bond donors (Lipinski definition) is 1. The topological polar surface area (TPSA) is 15.3 Å².